The summed E-state index contributed by atoms with van der Waals surface area (Å²) in [6.07, 6.45) is -0.262. The molecule has 0 saturated carbocycles. The van der Waals surface area contributed by atoms with E-state index in [-0.39, 0.29) is 18.2 Å². The van der Waals surface area contributed by atoms with Crippen molar-refractivity contribution in [1.29, 1.82) is 0 Å². The summed E-state index contributed by atoms with van der Waals surface area (Å²) < 4.78 is 26.6. The van der Waals surface area contributed by atoms with E-state index in [1.165, 1.54) is 6.07 Å². The molecule has 2 N–H and O–H groups in total. The Morgan fingerprint density at radius 1 is 1.31 bits per heavy atom. The van der Waals surface area contributed by atoms with E-state index >= 15 is 0 Å². The van der Waals surface area contributed by atoms with E-state index in [0.29, 0.717) is 0 Å². The van der Waals surface area contributed by atoms with Gasteiger partial charge in [0.25, 0.3) is 0 Å². The van der Waals surface area contributed by atoms with Gasteiger partial charge >= 0.3 is 0 Å². The van der Waals surface area contributed by atoms with Gasteiger partial charge in [0.2, 0.25) is 0 Å². The van der Waals surface area contributed by atoms with Crippen LogP contribution < -0.4 is 5.32 Å². The summed E-state index contributed by atoms with van der Waals surface area (Å²) in [5.41, 5.74) is -0.265. The smallest absolute Gasteiger partial charge is 0.131 e. The molecule has 90 valence electrons. The molecular formula is C12H17F2NO. The van der Waals surface area contributed by atoms with Crippen molar-refractivity contribution >= 4 is 0 Å². The van der Waals surface area contributed by atoms with Gasteiger partial charge in [-0.05, 0) is 25.5 Å². The van der Waals surface area contributed by atoms with Gasteiger partial charge < -0.3 is 10.4 Å². The number of hydrogen-bond acceptors (Lipinski definition) is 2. The molecular weight excluding hydrogens is 212 g/mol. The van der Waals surface area contributed by atoms with E-state index in [9.17, 15) is 13.9 Å². The highest BCUT2D eigenvalue weighted by Gasteiger charge is 2.17. The first kappa shape index (κ1) is 13.1. The van der Waals surface area contributed by atoms with E-state index in [2.05, 4.69) is 5.32 Å². The Bertz CT molecular complexity index is 324. The number of nitrogens with one attached hydrogen (secondary N) is 1. The van der Waals surface area contributed by atoms with E-state index in [4.69, 9.17) is 0 Å². The molecule has 0 aliphatic heterocycles. The van der Waals surface area contributed by atoms with E-state index in [1.807, 2.05) is 13.8 Å². The average molecular weight is 229 g/mol. The minimum absolute atomic E-state index is 0.146. The molecule has 0 bridgehead atoms. The van der Waals surface area contributed by atoms with Crippen LogP contribution in [-0.2, 0) is 0 Å². The first-order chi connectivity index (χ1) is 7.56. The summed E-state index contributed by atoms with van der Waals surface area (Å²) >= 11 is 0. The lowest BCUT2D eigenvalue weighted by molar-refractivity contribution is 0.161. The Balaban J connectivity index is 2.69. The van der Waals surface area contributed by atoms with Crippen LogP contribution in [0.3, 0.4) is 0 Å². The quantitative estimate of drug-likeness (QED) is 0.812. The molecule has 2 nitrogen and oxygen atoms in total. The number of benzene rings is 1. The van der Waals surface area contributed by atoms with Gasteiger partial charge in [0.05, 0.1) is 11.7 Å². The van der Waals surface area contributed by atoms with Crippen LogP contribution in [-0.4, -0.2) is 17.7 Å². The predicted octanol–water partition coefficient (Wildman–Crippen LogP) is 2.39. The Labute approximate surface area is 94.3 Å². The fourth-order valence-corrected chi connectivity index (χ4v) is 1.39. The van der Waals surface area contributed by atoms with E-state index in [0.717, 1.165) is 18.6 Å². The zero-order valence-electron chi connectivity index (χ0n) is 9.50. The monoisotopic (exact) mass is 229 g/mol. The molecule has 0 radical (unpaired) electrons. The molecule has 0 fully saturated rings. The Kier molecular flexibility index (Phi) is 4.83. The summed E-state index contributed by atoms with van der Waals surface area (Å²) in [7, 11) is 0. The minimum Gasteiger partial charge on any atom is -0.387 e. The molecule has 1 aromatic rings. The van der Waals surface area contributed by atoms with Crippen LogP contribution in [0.5, 0.6) is 0 Å². The summed E-state index contributed by atoms with van der Waals surface area (Å²) in [6, 6.07) is 3.78. The lowest BCUT2D eigenvalue weighted by Crippen LogP contribution is -2.30. The van der Waals surface area contributed by atoms with Crippen molar-refractivity contribution < 1.29 is 13.9 Å². The zero-order chi connectivity index (χ0) is 12.1. The predicted molar refractivity (Wildman–Crippen MR) is 59.1 cm³/mol. The summed E-state index contributed by atoms with van der Waals surface area (Å²) in [5.74, 6) is -1.42. The normalized spacial score (nSPS) is 14.8. The topological polar surface area (TPSA) is 32.3 Å². The highest BCUT2D eigenvalue weighted by molar-refractivity contribution is 5.22. The van der Waals surface area contributed by atoms with Crippen molar-refractivity contribution in [3.8, 4) is 0 Å². The molecule has 4 heteroatoms. The lowest BCUT2D eigenvalue weighted by Gasteiger charge is -2.17. The maximum atomic E-state index is 13.3. The molecule has 2 unspecified atom stereocenters. The van der Waals surface area contributed by atoms with Gasteiger partial charge in [-0.2, -0.15) is 0 Å². The van der Waals surface area contributed by atoms with E-state index in [1.54, 1.807) is 0 Å². The number of hydrogen-bond donors (Lipinski definition) is 2. The first-order valence-corrected chi connectivity index (χ1v) is 5.41. The number of aliphatic hydroxyl groups excluding tert-OH is 1. The van der Waals surface area contributed by atoms with Gasteiger partial charge in [0.15, 0.2) is 0 Å². The SMILES string of the molecule is CCC(C)NCC(O)c1c(F)cccc1F. The third-order valence-electron chi connectivity index (χ3n) is 2.60. The number of aliphatic hydroxyl groups is 1. The lowest BCUT2D eigenvalue weighted by atomic mass is 10.1. The maximum absolute atomic E-state index is 13.3. The number of halogens is 2. The molecule has 0 aliphatic carbocycles. The molecule has 0 spiro atoms. The van der Waals surface area contributed by atoms with Crippen LogP contribution in [0.25, 0.3) is 0 Å². The second kappa shape index (κ2) is 5.92. The van der Waals surface area contributed by atoms with Gasteiger partial charge in [-0.25, -0.2) is 8.78 Å². The number of rotatable bonds is 5. The Hall–Kier alpha value is -1.00. The Morgan fingerprint density at radius 2 is 1.88 bits per heavy atom. The van der Waals surface area contributed by atoms with Crippen LogP contribution in [0.2, 0.25) is 0 Å². The van der Waals surface area contributed by atoms with Gasteiger partial charge in [-0.1, -0.05) is 13.0 Å². The largest absolute Gasteiger partial charge is 0.387 e. The molecule has 0 saturated heterocycles. The summed E-state index contributed by atoms with van der Waals surface area (Å²) in [5, 5.41) is 12.7. The van der Waals surface area contributed by atoms with Gasteiger partial charge in [0, 0.05) is 12.6 Å². The standard InChI is InChI=1S/C12H17F2NO/c1-3-8(2)15-7-11(16)12-9(13)5-4-6-10(12)14/h4-6,8,11,15-16H,3,7H2,1-2H3. The van der Waals surface area contributed by atoms with E-state index < -0.39 is 17.7 Å². The highest BCUT2D eigenvalue weighted by Crippen LogP contribution is 2.20. The molecule has 1 aromatic carbocycles. The summed E-state index contributed by atoms with van der Waals surface area (Å²) in [4.78, 5) is 0. The maximum Gasteiger partial charge on any atom is 0.131 e. The highest BCUT2D eigenvalue weighted by atomic mass is 19.1. The van der Waals surface area contributed by atoms with Crippen molar-refractivity contribution in [1.82, 2.24) is 5.32 Å². The second-order valence-corrected chi connectivity index (χ2v) is 3.87. The van der Waals surface area contributed by atoms with Crippen LogP contribution in [0.4, 0.5) is 8.78 Å². The summed E-state index contributed by atoms with van der Waals surface area (Å²) in [6.45, 7) is 4.09. The first-order valence-electron chi connectivity index (χ1n) is 5.41. The molecule has 0 amide bonds. The molecule has 1 rings (SSSR count). The van der Waals surface area contributed by atoms with Crippen molar-refractivity contribution in [2.24, 2.45) is 0 Å². The van der Waals surface area contributed by atoms with Crippen molar-refractivity contribution in [2.45, 2.75) is 32.4 Å². The zero-order valence-corrected chi connectivity index (χ0v) is 9.50. The molecule has 2 atom stereocenters. The fourth-order valence-electron chi connectivity index (χ4n) is 1.39. The van der Waals surface area contributed by atoms with Gasteiger partial charge in [0.1, 0.15) is 11.6 Å². The Morgan fingerprint density at radius 3 is 2.38 bits per heavy atom. The van der Waals surface area contributed by atoms with Crippen molar-refractivity contribution in [3.05, 3.63) is 35.4 Å². The van der Waals surface area contributed by atoms with Crippen LogP contribution in [0.15, 0.2) is 18.2 Å². The average Bonchev–Trinajstić information content (AvgIpc) is 2.25. The molecule has 0 aromatic heterocycles. The van der Waals surface area contributed by atoms with Gasteiger partial charge in [-0.3, -0.25) is 0 Å². The van der Waals surface area contributed by atoms with Gasteiger partial charge in [-0.15, -0.1) is 0 Å². The van der Waals surface area contributed by atoms with Crippen molar-refractivity contribution in [2.75, 3.05) is 6.54 Å². The third kappa shape index (κ3) is 3.25. The molecule has 0 aliphatic rings. The minimum atomic E-state index is -1.16. The van der Waals surface area contributed by atoms with Crippen molar-refractivity contribution in [3.63, 3.8) is 0 Å². The third-order valence-corrected chi connectivity index (χ3v) is 2.60. The van der Waals surface area contributed by atoms with Crippen LogP contribution >= 0.6 is 0 Å². The van der Waals surface area contributed by atoms with Crippen LogP contribution in [0, 0.1) is 11.6 Å². The fraction of sp³-hybridized carbons (Fsp3) is 0.500. The van der Waals surface area contributed by atoms with Crippen LogP contribution in [0.1, 0.15) is 31.9 Å². The molecule has 16 heavy (non-hydrogen) atoms. The molecule has 0 heterocycles. The second-order valence-electron chi connectivity index (χ2n) is 3.87.